The highest BCUT2D eigenvalue weighted by atomic mass is 16.1. The van der Waals surface area contributed by atoms with Gasteiger partial charge in [0.15, 0.2) is 0 Å². The number of rotatable bonds is 2. The highest BCUT2D eigenvalue weighted by Gasteiger charge is 2.07. The fraction of sp³-hybridized carbons (Fsp3) is 0. The minimum Gasteiger partial charge on any atom is -0.399 e. The van der Waals surface area contributed by atoms with Gasteiger partial charge in [-0.2, -0.15) is 0 Å². The summed E-state index contributed by atoms with van der Waals surface area (Å²) in [6, 6.07) is 12.3. The Morgan fingerprint density at radius 2 is 1.95 bits per heavy atom. The topological polar surface area (TPSA) is 83.8 Å². The average molecular weight is 252 g/mol. The Hall–Kier alpha value is -2.82. The van der Waals surface area contributed by atoms with Gasteiger partial charge in [0, 0.05) is 16.9 Å². The molecular weight excluding hydrogens is 240 g/mol. The molecule has 5 nitrogen and oxygen atoms in total. The van der Waals surface area contributed by atoms with E-state index < -0.39 is 0 Å². The van der Waals surface area contributed by atoms with Gasteiger partial charge in [0.25, 0.3) is 5.91 Å². The van der Waals surface area contributed by atoms with Gasteiger partial charge < -0.3 is 16.0 Å². The number of amides is 1. The second kappa shape index (κ2) is 4.45. The fourth-order valence-electron chi connectivity index (χ4n) is 1.85. The molecule has 0 saturated carbocycles. The van der Waals surface area contributed by atoms with Gasteiger partial charge in [0.1, 0.15) is 0 Å². The molecular formula is C14H12N4O. The lowest BCUT2D eigenvalue weighted by atomic mass is 10.2. The van der Waals surface area contributed by atoms with Gasteiger partial charge in [-0.15, -0.1) is 0 Å². The highest BCUT2D eigenvalue weighted by molar-refractivity contribution is 6.05. The number of H-pyrrole nitrogens is 1. The van der Waals surface area contributed by atoms with Crippen molar-refractivity contribution in [2.45, 2.75) is 0 Å². The Morgan fingerprint density at radius 3 is 2.74 bits per heavy atom. The van der Waals surface area contributed by atoms with Crippen LogP contribution >= 0.6 is 0 Å². The van der Waals surface area contributed by atoms with Crippen molar-refractivity contribution in [2.24, 2.45) is 0 Å². The molecule has 1 amide bonds. The summed E-state index contributed by atoms with van der Waals surface area (Å²) in [4.78, 5) is 19.2. The van der Waals surface area contributed by atoms with E-state index in [9.17, 15) is 4.79 Å². The van der Waals surface area contributed by atoms with Crippen molar-refractivity contribution in [2.75, 3.05) is 11.1 Å². The smallest absolute Gasteiger partial charge is 0.255 e. The number of anilines is 2. The quantitative estimate of drug-likeness (QED) is 0.612. The van der Waals surface area contributed by atoms with Crippen LogP contribution in [0.5, 0.6) is 0 Å². The number of carbonyl (C=O) groups excluding carboxylic acids is 1. The SMILES string of the molecule is Nc1ccc(NC(=O)c2ccc3nc[nH]c3c2)cc1. The summed E-state index contributed by atoms with van der Waals surface area (Å²) in [6.07, 6.45) is 1.60. The second-order valence-corrected chi connectivity index (χ2v) is 4.21. The number of nitrogens with two attached hydrogens (primary N) is 1. The predicted octanol–water partition coefficient (Wildman–Crippen LogP) is 2.40. The number of hydrogen-bond acceptors (Lipinski definition) is 3. The number of fused-ring (bicyclic) bond motifs is 1. The molecule has 0 aliphatic heterocycles. The van der Waals surface area contributed by atoms with E-state index in [-0.39, 0.29) is 5.91 Å². The van der Waals surface area contributed by atoms with Crippen LogP contribution in [0.1, 0.15) is 10.4 Å². The Labute approximate surface area is 109 Å². The van der Waals surface area contributed by atoms with Gasteiger partial charge in [-0.25, -0.2) is 4.98 Å². The molecule has 19 heavy (non-hydrogen) atoms. The number of benzene rings is 2. The molecule has 1 aromatic heterocycles. The molecule has 1 heterocycles. The number of nitrogens with zero attached hydrogens (tertiary/aromatic N) is 1. The van der Waals surface area contributed by atoms with E-state index >= 15 is 0 Å². The van der Waals surface area contributed by atoms with Crippen LogP contribution in [-0.4, -0.2) is 15.9 Å². The van der Waals surface area contributed by atoms with Crippen molar-refractivity contribution in [3.8, 4) is 0 Å². The molecule has 0 spiro atoms. The fourth-order valence-corrected chi connectivity index (χ4v) is 1.85. The molecule has 0 saturated heterocycles. The maximum atomic E-state index is 12.1. The zero-order chi connectivity index (χ0) is 13.2. The summed E-state index contributed by atoms with van der Waals surface area (Å²) < 4.78 is 0. The van der Waals surface area contributed by atoms with Crippen molar-refractivity contribution < 1.29 is 4.79 Å². The first-order valence-corrected chi connectivity index (χ1v) is 5.82. The number of nitrogen functional groups attached to an aromatic ring is 1. The molecule has 3 rings (SSSR count). The number of imidazole rings is 1. The molecule has 4 N–H and O–H groups in total. The van der Waals surface area contributed by atoms with Crippen LogP contribution in [0.3, 0.4) is 0 Å². The zero-order valence-corrected chi connectivity index (χ0v) is 10.1. The molecule has 0 unspecified atom stereocenters. The largest absolute Gasteiger partial charge is 0.399 e. The molecule has 0 fully saturated rings. The highest BCUT2D eigenvalue weighted by Crippen LogP contribution is 2.15. The normalized spacial score (nSPS) is 10.5. The van der Waals surface area contributed by atoms with E-state index in [1.54, 1.807) is 42.7 Å². The van der Waals surface area contributed by atoms with Crippen molar-refractivity contribution >= 4 is 28.3 Å². The van der Waals surface area contributed by atoms with Crippen LogP contribution in [0.15, 0.2) is 48.8 Å². The first kappa shape index (κ1) is 11.3. The van der Waals surface area contributed by atoms with Gasteiger partial charge in [0.05, 0.1) is 17.4 Å². The molecule has 0 radical (unpaired) electrons. The number of aromatic amines is 1. The number of hydrogen-bond donors (Lipinski definition) is 3. The molecule has 0 aliphatic carbocycles. The standard InChI is InChI=1S/C14H12N4O/c15-10-2-4-11(5-3-10)18-14(19)9-1-6-12-13(7-9)17-8-16-12/h1-8H,15H2,(H,16,17)(H,18,19). The van der Waals surface area contributed by atoms with Gasteiger partial charge in [-0.05, 0) is 42.5 Å². The first-order valence-electron chi connectivity index (χ1n) is 5.82. The third-order valence-electron chi connectivity index (χ3n) is 2.85. The molecule has 3 aromatic rings. The van der Waals surface area contributed by atoms with Crippen LogP contribution in [-0.2, 0) is 0 Å². The molecule has 0 aliphatic rings. The Kier molecular flexibility index (Phi) is 2.64. The van der Waals surface area contributed by atoms with Gasteiger partial charge in [-0.1, -0.05) is 0 Å². The van der Waals surface area contributed by atoms with Gasteiger partial charge in [-0.3, -0.25) is 4.79 Å². The van der Waals surface area contributed by atoms with E-state index in [0.29, 0.717) is 16.9 Å². The Balaban J connectivity index is 1.84. The Morgan fingerprint density at radius 1 is 1.16 bits per heavy atom. The third-order valence-corrected chi connectivity index (χ3v) is 2.85. The lowest BCUT2D eigenvalue weighted by Crippen LogP contribution is -2.11. The van der Waals surface area contributed by atoms with E-state index in [4.69, 9.17) is 5.73 Å². The van der Waals surface area contributed by atoms with Crippen LogP contribution in [0, 0.1) is 0 Å². The summed E-state index contributed by atoms with van der Waals surface area (Å²) in [5, 5.41) is 2.81. The van der Waals surface area contributed by atoms with Gasteiger partial charge >= 0.3 is 0 Å². The second-order valence-electron chi connectivity index (χ2n) is 4.21. The first-order chi connectivity index (χ1) is 9.22. The summed E-state index contributed by atoms with van der Waals surface area (Å²) in [7, 11) is 0. The molecule has 94 valence electrons. The average Bonchev–Trinajstić information content (AvgIpc) is 2.88. The zero-order valence-electron chi connectivity index (χ0n) is 10.1. The predicted molar refractivity (Wildman–Crippen MR) is 74.9 cm³/mol. The third kappa shape index (κ3) is 2.26. The van der Waals surface area contributed by atoms with Gasteiger partial charge in [0.2, 0.25) is 0 Å². The van der Waals surface area contributed by atoms with E-state index in [1.165, 1.54) is 0 Å². The van der Waals surface area contributed by atoms with Crippen molar-refractivity contribution in [1.29, 1.82) is 0 Å². The molecule has 0 bridgehead atoms. The number of carbonyl (C=O) groups is 1. The lowest BCUT2D eigenvalue weighted by Gasteiger charge is -2.05. The molecule has 5 heteroatoms. The van der Waals surface area contributed by atoms with Crippen LogP contribution in [0.25, 0.3) is 11.0 Å². The van der Waals surface area contributed by atoms with Crippen molar-refractivity contribution in [3.05, 3.63) is 54.4 Å². The van der Waals surface area contributed by atoms with E-state index in [2.05, 4.69) is 15.3 Å². The van der Waals surface area contributed by atoms with Crippen molar-refractivity contribution in [1.82, 2.24) is 9.97 Å². The number of aromatic nitrogens is 2. The van der Waals surface area contributed by atoms with Crippen LogP contribution in [0.2, 0.25) is 0 Å². The minimum absolute atomic E-state index is 0.165. The Bertz CT molecular complexity index is 731. The maximum absolute atomic E-state index is 12.1. The lowest BCUT2D eigenvalue weighted by molar-refractivity contribution is 0.102. The monoisotopic (exact) mass is 252 g/mol. The maximum Gasteiger partial charge on any atom is 0.255 e. The van der Waals surface area contributed by atoms with Crippen LogP contribution in [0.4, 0.5) is 11.4 Å². The summed E-state index contributed by atoms with van der Waals surface area (Å²) in [5.74, 6) is -0.165. The summed E-state index contributed by atoms with van der Waals surface area (Å²) in [6.45, 7) is 0. The summed E-state index contributed by atoms with van der Waals surface area (Å²) >= 11 is 0. The molecule has 2 aromatic carbocycles. The van der Waals surface area contributed by atoms with Crippen molar-refractivity contribution in [3.63, 3.8) is 0 Å². The molecule has 0 atom stereocenters. The van der Waals surface area contributed by atoms with Crippen LogP contribution < -0.4 is 11.1 Å². The minimum atomic E-state index is -0.165. The van der Waals surface area contributed by atoms with E-state index in [1.807, 2.05) is 6.07 Å². The summed E-state index contributed by atoms with van der Waals surface area (Å²) in [5.41, 5.74) is 9.22. The number of nitrogens with one attached hydrogen (secondary N) is 2. The van der Waals surface area contributed by atoms with E-state index in [0.717, 1.165) is 11.0 Å².